The smallest absolute Gasteiger partial charge is 0.231 e. The zero-order valence-corrected chi connectivity index (χ0v) is 11.0. The minimum Gasteiger partial charge on any atom is -0.454 e. The van der Waals surface area contributed by atoms with E-state index in [0.29, 0.717) is 6.79 Å². The monoisotopic (exact) mass is 247 g/mol. The molecule has 1 aromatic carbocycles. The largest absolute Gasteiger partial charge is 0.454 e. The van der Waals surface area contributed by atoms with Crippen LogP contribution in [-0.2, 0) is 6.54 Å². The van der Waals surface area contributed by atoms with Crippen LogP contribution < -0.4 is 9.47 Å². The molecule has 1 fully saturated rings. The van der Waals surface area contributed by atoms with E-state index in [2.05, 4.69) is 24.1 Å². The molecule has 0 aromatic heterocycles. The summed E-state index contributed by atoms with van der Waals surface area (Å²) in [6, 6.07) is 7.03. The van der Waals surface area contributed by atoms with E-state index in [1.807, 2.05) is 6.07 Å². The summed E-state index contributed by atoms with van der Waals surface area (Å²) in [5.41, 5.74) is 1.31. The standard InChI is InChI=1S/C15H21NO2/c1-16(13-5-3-2-4-6-13)10-12-7-8-14-15(9-12)18-11-17-14/h7-9,13H,2-6,10-11H2,1H3. The molecule has 3 rings (SSSR count). The third-order valence-corrected chi connectivity index (χ3v) is 4.07. The summed E-state index contributed by atoms with van der Waals surface area (Å²) in [6.07, 6.45) is 6.88. The lowest BCUT2D eigenvalue weighted by Gasteiger charge is -2.31. The van der Waals surface area contributed by atoms with Crippen molar-refractivity contribution in [1.82, 2.24) is 4.90 Å². The van der Waals surface area contributed by atoms with Gasteiger partial charge in [-0.2, -0.15) is 0 Å². The van der Waals surface area contributed by atoms with Gasteiger partial charge < -0.3 is 9.47 Å². The van der Waals surface area contributed by atoms with Crippen LogP contribution >= 0.6 is 0 Å². The molecule has 0 radical (unpaired) electrons. The van der Waals surface area contributed by atoms with Gasteiger partial charge in [0.2, 0.25) is 6.79 Å². The molecule has 98 valence electrons. The van der Waals surface area contributed by atoms with Crippen molar-refractivity contribution in [2.75, 3.05) is 13.8 Å². The highest BCUT2D eigenvalue weighted by Gasteiger charge is 2.19. The highest BCUT2D eigenvalue weighted by atomic mass is 16.7. The Morgan fingerprint density at radius 2 is 1.89 bits per heavy atom. The molecule has 2 aliphatic rings. The van der Waals surface area contributed by atoms with Crippen molar-refractivity contribution in [2.24, 2.45) is 0 Å². The Hall–Kier alpha value is -1.22. The van der Waals surface area contributed by atoms with Gasteiger partial charge in [0.25, 0.3) is 0 Å². The highest BCUT2D eigenvalue weighted by Crippen LogP contribution is 2.33. The first kappa shape index (κ1) is 11.8. The number of nitrogens with zero attached hydrogens (tertiary/aromatic N) is 1. The second-order valence-electron chi connectivity index (χ2n) is 5.39. The fraction of sp³-hybridized carbons (Fsp3) is 0.600. The minimum atomic E-state index is 0.358. The van der Waals surface area contributed by atoms with Gasteiger partial charge in [0, 0.05) is 12.6 Å². The summed E-state index contributed by atoms with van der Waals surface area (Å²) < 4.78 is 10.8. The molecule has 0 saturated heterocycles. The van der Waals surface area contributed by atoms with Gasteiger partial charge in [0.15, 0.2) is 11.5 Å². The summed E-state index contributed by atoms with van der Waals surface area (Å²) >= 11 is 0. The summed E-state index contributed by atoms with van der Waals surface area (Å²) in [5, 5.41) is 0. The van der Waals surface area contributed by atoms with Gasteiger partial charge >= 0.3 is 0 Å². The average Bonchev–Trinajstić information content (AvgIpc) is 2.87. The van der Waals surface area contributed by atoms with Crippen LogP contribution in [-0.4, -0.2) is 24.8 Å². The lowest BCUT2D eigenvalue weighted by Crippen LogP contribution is -2.32. The molecule has 1 heterocycles. The number of rotatable bonds is 3. The second kappa shape index (κ2) is 5.19. The number of hydrogen-bond acceptors (Lipinski definition) is 3. The molecule has 3 heteroatoms. The maximum atomic E-state index is 5.43. The van der Waals surface area contributed by atoms with Crippen LogP contribution in [0.2, 0.25) is 0 Å². The molecule has 0 spiro atoms. The van der Waals surface area contributed by atoms with E-state index in [-0.39, 0.29) is 0 Å². The second-order valence-corrected chi connectivity index (χ2v) is 5.39. The topological polar surface area (TPSA) is 21.7 Å². The maximum absolute atomic E-state index is 5.43. The number of benzene rings is 1. The van der Waals surface area contributed by atoms with Crippen LogP contribution in [0.5, 0.6) is 11.5 Å². The van der Waals surface area contributed by atoms with Crippen LogP contribution in [0.1, 0.15) is 37.7 Å². The summed E-state index contributed by atoms with van der Waals surface area (Å²) in [5.74, 6) is 1.77. The van der Waals surface area contributed by atoms with Crippen LogP contribution in [0.25, 0.3) is 0 Å². The van der Waals surface area contributed by atoms with Crippen molar-refractivity contribution in [2.45, 2.75) is 44.7 Å². The normalized spacial score (nSPS) is 19.4. The SMILES string of the molecule is CN(Cc1ccc2c(c1)OCO2)C1CCCCC1. The molecule has 0 atom stereocenters. The number of ether oxygens (including phenoxy) is 2. The van der Waals surface area contributed by atoms with E-state index in [9.17, 15) is 0 Å². The minimum absolute atomic E-state index is 0.358. The predicted octanol–water partition coefficient (Wildman–Crippen LogP) is 3.18. The highest BCUT2D eigenvalue weighted by molar-refractivity contribution is 5.44. The average molecular weight is 247 g/mol. The van der Waals surface area contributed by atoms with Gasteiger partial charge in [0.1, 0.15) is 0 Å². The number of fused-ring (bicyclic) bond motifs is 1. The van der Waals surface area contributed by atoms with Crippen LogP contribution in [0.3, 0.4) is 0 Å². The number of hydrogen-bond donors (Lipinski definition) is 0. The molecule has 0 amide bonds. The molecule has 1 aromatic rings. The quantitative estimate of drug-likeness (QED) is 0.819. The van der Waals surface area contributed by atoms with E-state index in [1.165, 1.54) is 37.7 Å². The van der Waals surface area contributed by atoms with Gasteiger partial charge in [-0.05, 0) is 37.6 Å². The zero-order valence-electron chi connectivity index (χ0n) is 11.0. The molecule has 1 aliphatic carbocycles. The first-order valence-corrected chi connectivity index (χ1v) is 6.92. The Kier molecular flexibility index (Phi) is 3.41. The summed E-state index contributed by atoms with van der Waals surface area (Å²) in [6.45, 7) is 1.36. The van der Waals surface area contributed by atoms with Gasteiger partial charge in [-0.15, -0.1) is 0 Å². The Morgan fingerprint density at radius 1 is 1.11 bits per heavy atom. The van der Waals surface area contributed by atoms with Crippen molar-refractivity contribution >= 4 is 0 Å². The molecule has 1 aliphatic heterocycles. The lowest BCUT2D eigenvalue weighted by molar-refractivity contribution is 0.173. The van der Waals surface area contributed by atoms with Crippen LogP contribution in [0.15, 0.2) is 18.2 Å². The Bertz CT molecular complexity index is 413. The van der Waals surface area contributed by atoms with E-state index in [4.69, 9.17) is 9.47 Å². The van der Waals surface area contributed by atoms with Crippen molar-refractivity contribution < 1.29 is 9.47 Å². The van der Waals surface area contributed by atoms with Crippen molar-refractivity contribution in [3.8, 4) is 11.5 Å². The predicted molar refractivity (Wildman–Crippen MR) is 70.9 cm³/mol. The van der Waals surface area contributed by atoms with Crippen molar-refractivity contribution in [1.29, 1.82) is 0 Å². The molecule has 18 heavy (non-hydrogen) atoms. The van der Waals surface area contributed by atoms with Gasteiger partial charge in [-0.3, -0.25) is 4.90 Å². The third-order valence-electron chi connectivity index (χ3n) is 4.07. The maximum Gasteiger partial charge on any atom is 0.231 e. The molecule has 3 nitrogen and oxygen atoms in total. The van der Waals surface area contributed by atoms with Crippen LogP contribution in [0.4, 0.5) is 0 Å². The van der Waals surface area contributed by atoms with Gasteiger partial charge in [-0.1, -0.05) is 25.3 Å². The molecule has 1 saturated carbocycles. The zero-order chi connectivity index (χ0) is 12.4. The summed E-state index contributed by atoms with van der Waals surface area (Å²) in [7, 11) is 2.24. The first-order chi connectivity index (χ1) is 8.83. The lowest BCUT2D eigenvalue weighted by atomic mass is 9.94. The van der Waals surface area contributed by atoms with Gasteiger partial charge in [-0.25, -0.2) is 0 Å². The molecular formula is C15H21NO2. The Balaban J connectivity index is 1.64. The third kappa shape index (κ3) is 2.46. The van der Waals surface area contributed by atoms with E-state index < -0.39 is 0 Å². The molecule has 0 bridgehead atoms. The van der Waals surface area contributed by atoms with Gasteiger partial charge in [0.05, 0.1) is 0 Å². The summed E-state index contributed by atoms with van der Waals surface area (Å²) in [4.78, 5) is 2.48. The first-order valence-electron chi connectivity index (χ1n) is 6.92. The van der Waals surface area contributed by atoms with E-state index in [1.54, 1.807) is 0 Å². The Morgan fingerprint density at radius 3 is 2.72 bits per heavy atom. The molecule has 0 unspecified atom stereocenters. The van der Waals surface area contributed by atoms with E-state index >= 15 is 0 Å². The Labute approximate surface area is 109 Å². The molecule has 0 N–H and O–H groups in total. The fourth-order valence-corrected chi connectivity index (χ4v) is 2.98. The van der Waals surface area contributed by atoms with E-state index in [0.717, 1.165) is 24.1 Å². The van der Waals surface area contributed by atoms with Crippen molar-refractivity contribution in [3.05, 3.63) is 23.8 Å². The molecular weight excluding hydrogens is 226 g/mol. The van der Waals surface area contributed by atoms with Crippen molar-refractivity contribution in [3.63, 3.8) is 0 Å². The van der Waals surface area contributed by atoms with Crippen LogP contribution in [0, 0.1) is 0 Å². The fourth-order valence-electron chi connectivity index (χ4n) is 2.98.